The molecule has 5 aliphatic rings. The molecule has 1 aliphatic heterocycles. The molecule has 1 heterocycles. The number of ketones is 2. The molecule has 5 rings (SSSR count). The standard InChI is InChI=1S/C23H35NO2S.C4H4O4/c1-22-8-5-14(27-15-7-10-24-13-15)11-19(22)20(25)12-16-17-3-4-21(26)23(17,2)9-6-18(16)22;5-3(6)1-2-4(7)8/h14-19,24H,3-13H2,1-2H3;1-2H,(H,5,6)(H,7,8)/b;2-1+/t14-,15?,16+,17+,18+,19?,22-,23+;/m1./s1. The van der Waals surface area contributed by atoms with E-state index >= 15 is 0 Å². The van der Waals surface area contributed by atoms with Gasteiger partial charge >= 0.3 is 11.9 Å². The molecule has 0 bridgehead atoms. The molecule has 0 aromatic carbocycles. The van der Waals surface area contributed by atoms with Crippen molar-refractivity contribution in [1.82, 2.24) is 5.32 Å². The van der Waals surface area contributed by atoms with Gasteiger partial charge in [-0.3, -0.25) is 9.59 Å². The molecule has 4 aliphatic carbocycles. The molecule has 4 saturated carbocycles. The van der Waals surface area contributed by atoms with Crippen molar-refractivity contribution in [2.45, 2.75) is 82.1 Å². The fourth-order valence-corrected chi connectivity index (χ4v) is 9.63. The van der Waals surface area contributed by atoms with Crippen LogP contribution in [0.4, 0.5) is 0 Å². The normalized spacial score (nSPS) is 42.6. The largest absolute Gasteiger partial charge is 0.478 e. The molecule has 0 spiro atoms. The summed E-state index contributed by atoms with van der Waals surface area (Å²) < 4.78 is 0. The number of carboxylic acids is 2. The first-order valence-electron chi connectivity index (χ1n) is 13.1. The van der Waals surface area contributed by atoms with E-state index in [4.69, 9.17) is 10.2 Å². The van der Waals surface area contributed by atoms with Crippen LogP contribution in [0.3, 0.4) is 0 Å². The van der Waals surface area contributed by atoms with Crippen molar-refractivity contribution in [2.75, 3.05) is 13.1 Å². The summed E-state index contributed by atoms with van der Waals surface area (Å²) in [5.41, 5.74) is 0.0745. The Bertz CT molecular complexity index is 882. The molecule has 194 valence electrons. The molecular formula is C27H39NO6S. The Balaban J connectivity index is 0.000000314. The van der Waals surface area contributed by atoms with Crippen molar-refractivity contribution >= 4 is 35.3 Å². The SMILES string of the molecule is C[C@]12CC[C@@H](SC3CCNC3)CC1C(=O)C[C@@H]1[C@@H]2CC[C@]2(C)C(=O)CC[C@@H]12.O=C(O)/C=C/C(=O)O. The van der Waals surface area contributed by atoms with Crippen LogP contribution in [0.2, 0.25) is 0 Å². The van der Waals surface area contributed by atoms with Gasteiger partial charge in [0.25, 0.3) is 0 Å². The number of Topliss-reactive ketones (excluding diaryl/α,β-unsaturated/α-hetero) is 2. The van der Waals surface area contributed by atoms with E-state index in [2.05, 4.69) is 30.9 Å². The average molecular weight is 506 g/mol. The molecule has 7 nitrogen and oxygen atoms in total. The minimum Gasteiger partial charge on any atom is -0.478 e. The highest BCUT2D eigenvalue weighted by Crippen LogP contribution is 2.65. The van der Waals surface area contributed by atoms with Gasteiger partial charge in [-0.05, 0) is 74.7 Å². The molecule has 0 radical (unpaired) electrons. The summed E-state index contributed by atoms with van der Waals surface area (Å²) in [6, 6.07) is 0. The van der Waals surface area contributed by atoms with Gasteiger partial charge in [0.1, 0.15) is 11.6 Å². The molecule has 0 amide bonds. The lowest BCUT2D eigenvalue weighted by atomic mass is 9.45. The van der Waals surface area contributed by atoms with Crippen molar-refractivity contribution in [2.24, 2.45) is 34.5 Å². The van der Waals surface area contributed by atoms with Crippen LogP contribution in [0.25, 0.3) is 0 Å². The molecule has 8 heteroatoms. The van der Waals surface area contributed by atoms with Crippen LogP contribution < -0.4 is 5.32 Å². The molecule has 0 aromatic rings. The number of thioether (sulfide) groups is 1. The van der Waals surface area contributed by atoms with Crippen molar-refractivity contribution < 1.29 is 29.4 Å². The lowest BCUT2D eigenvalue weighted by Gasteiger charge is -2.59. The summed E-state index contributed by atoms with van der Waals surface area (Å²) in [7, 11) is 0. The lowest BCUT2D eigenvalue weighted by Crippen LogP contribution is -2.56. The average Bonchev–Trinajstić information content (AvgIpc) is 3.41. The third-order valence-electron chi connectivity index (χ3n) is 9.89. The van der Waals surface area contributed by atoms with Crippen molar-refractivity contribution in [3.05, 3.63) is 12.2 Å². The summed E-state index contributed by atoms with van der Waals surface area (Å²) in [4.78, 5) is 45.0. The Hall–Kier alpha value is -1.67. The maximum absolute atomic E-state index is 13.3. The minimum absolute atomic E-state index is 0.118. The third kappa shape index (κ3) is 5.24. The summed E-state index contributed by atoms with van der Waals surface area (Å²) in [5, 5.41) is 20.5. The van der Waals surface area contributed by atoms with Gasteiger partial charge in [-0.25, -0.2) is 9.59 Å². The zero-order valence-electron chi connectivity index (χ0n) is 20.8. The Morgan fingerprint density at radius 2 is 1.69 bits per heavy atom. The first kappa shape index (κ1) is 26.4. The quantitative estimate of drug-likeness (QED) is 0.491. The summed E-state index contributed by atoms with van der Waals surface area (Å²) in [6.07, 6.45) is 10.8. The fourth-order valence-electron chi connectivity index (χ4n) is 8.06. The van der Waals surface area contributed by atoms with Gasteiger partial charge in [0.15, 0.2) is 0 Å². The molecule has 5 fully saturated rings. The second-order valence-electron chi connectivity index (χ2n) is 11.7. The highest BCUT2D eigenvalue weighted by Gasteiger charge is 2.62. The van der Waals surface area contributed by atoms with Crippen molar-refractivity contribution in [3.8, 4) is 0 Å². The van der Waals surface area contributed by atoms with E-state index in [-0.39, 0.29) is 16.7 Å². The Morgan fingerprint density at radius 3 is 2.31 bits per heavy atom. The molecule has 1 saturated heterocycles. The topological polar surface area (TPSA) is 121 Å². The van der Waals surface area contributed by atoms with Gasteiger partial charge in [0, 0.05) is 53.4 Å². The second-order valence-corrected chi connectivity index (χ2v) is 13.3. The molecule has 3 N–H and O–H groups in total. The third-order valence-corrected chi connectivity index (χ3v) is 11.5. The summed E-state index contributed by atoms with van der Waals surface area (Å²) in [6.45, 7) is 6.97. The number of hydrogen-bond acceptors (Lipinski definition) is 6. The van der Waals surface area contributed by atoms with Gasteiger partial charge in [-0.2, -0.15) is 11.8 Å². The molecule has 0 aromatic heterocycles. The monoisotopic (exact) mass is 505 g/mol. The van der Waals surface area contributed by atoms with Gasteiger partial charge in [-0.15, -0.1) is 0 Å². The highest BCUT2D eigenvalue weighted by atomic mass is 32.2. The van der Waals surface area contributed by atoms with E-state index in [9.17, 15) is 19.2 Å². The van der Waals surface area contributed by atoms with Crippen LogP contribution >= 0.6 is 11.8 Å². The first-order valence-corrected chi connectivity index (χ1v) is 14.0. The van der Waals surface area contributed by atoms with Crippen LogP contribution in [0.1, 0.15) is 71.6 Å². The number of carboxylic acid groups (broad SMARTS) is 2. The Kier molecular flexibility index (Phi) is 7.82. The zero-order chi connectivity index (χ0) is 25.4. The molecule has 35 heavy (non-hydrogen) atoms. The lowest BCUT2D eigenvalue weighted by molar-refractivity contribution is -0.155. The predicted molar refractivity (Wildman–Crippen MR) is 134 cm³/mol. The predicted octanol–water partition coefficient (Wildman–Crippen LogP) is 3.95. The number of carbonyl (C=O) groups is 4. The van der Waals surface area contributed by atoms with Crippen LogP contribution in [-0.2, 0) is 19.2 Å². The summed E-state index contributed by atoms with van der Waals surface area (Å²) >= 11 is 2.17. The van der Waals surface area contributed by atoms with Crippen LogP contribution in [0.15, 0.2) is 12.2 Å². The maximum Gasteiger partial charge on any atom is 0.328 e. The summed E-state index contributed by atoms with van der Waals surface area (Å²) in [5.74, 6) is 0.409. The van der Waals surface area contributed by atoms with Crippen LogP contribution in [-0.4, -0.2) is 57.3 Å². The Labute approximate surface area is 211 Å². The fraction of sp³-hybridized carbons (Fsp3) is 0.778. The number of fused-ring (bicyclic) bond motifs is 5. The number of carbonyl (C=O) groups excluding carboxylic acids is 2. The smallest absolute Gasteiger partial charge is 0.328 e. The first-order chi connectivity index (χ1) is 16.5. The Morgan fingerprint density at radius 1 is 0.971 bits per heavy atom. The van der Waals surface area contributed by atoms with Gasteiger partial charge < -0.3 is 15.5 Å². The van der Waals surface area contributed by atoms with Gasteiger partial charge in [0.05, 0.1) is 0 Å². The number of hydrogen-bond donors (Lipinski definition) is 3. The van der Waals surface area contributed by atoms with Gasteiger partial charge in [0.2, 0.25) is 0 Å². The number of rotatable bonds is 4. The van der Waals surface area contributed by atoms with Crippen LogP contribution in [0.5, 0.6) is 0 Å². The number of aliphatic carboxylic acids is 2. The minimum atomic E-state index is -1.26. The number of nitrogens with one attached hydrogen (secondary N) is 1. The highest BCUT2D eigenvalue weighted by molar-refractivity contribution is 8.00. The zero-order valence-corrected chi connectivity index (χ0v) is 21.6. The van der Waals surface area contributed by atoms with E-state index in [0.29, 0.717) is 46.7 Å². The van der Waals surface area contributed by atoms with E-state index in [0.717, 1.165) is 50.4 Å². The van der Waals surface area contributed by atoms with E-state index in [1.807, 2.05) is 0 Å². The second kappa shape index (κ2) is 10.4. The maximum atomic E-state index is 13.3. The van der Waals surface area contributed by atoms with Crippen molar-refractivity contribution in [3.63, 3.8) is 0 Å². The molecular weight excluding hydrogens is 466 g/mol. The molecule has 8 atom stereocenters. The van der Waals surface area contributed by atoms with E-state index < -0.39 is 11.9 Å². The van der Waals surface area contributed by atoms with Crippen molar-refractivity contribution in [1.29, 1.82) is 0 Å². The molecule has 2 unspecified atom stereocenters. The van der Waals surface area contributed by atoms with Crippen LogP contribution in [0, 0.1) is 34.5 Å². The van der Waals surface area contributed by atoms with E-state index in [1.165, 1.54) is 25.7 Å². The van der Waals surface area contributed by atoms with Gasteiger partial charge in [-0.1, -0.05) is 13.8 Å². The van der Waals surface area contributed by atoms with E-state index in [1.54, 1.807) is 0 Å².